The summed E-state index contributed by atoms with van der Waals surface area (Å²) in [6.45, 7) is 0. The van der Waals surface area contributed by atoms with Crippen LogP contribution in [0.5, 0.6) is 0 Å². The van der Waals surface area contributed by atoms with Gasteiger partial charge in [-0.05, 0) is 54.6 Å². The minimum absolute atomic E-state index is 0.203. The summed E-state index contributed by atoms with van der Waals surface area (Å²) in [5.74, 6) is -1.06. The Kier molecular flexibility index (Phi) is 6.15. The number of carbonyl (C=O) groups excluding carboxylic acids is 1. The zero-order valence-electron chi connectivity index (χ0n) is 23.6. The molecule has 220 valence electrons. The average Bonchev–Trinajstić information content (AvgIpc) is 3.59. The normalized spacial score (nSPS) is 12.0. The van der Waals surface area contributed by atoms with Crippen molar-refractivity contribution in [3.8, 4) is 22.5 Å². The summed E-state index contributed by atoms with van der Waals surface area (Å²) in [5, 5.41) is 4.08. The maximum Gasteiger partial charge on any atom is 0.255 e. The van der Waals surface area contributed by atoms with Gasteiger partial charge >= 0.3 is 0 Å². The SMILES string of the molecule is CNC(=O)c1c(-c2ccc(F)cc2)oc2cc(N(C)S(C)(=O)=O)c(-c3cnc4ncn5c6cccc(F)c6cc5c4c3)cc12. The van der Waals surface area contributed by atoms with Gasteiger partial charge in [0.1, 0.15) is 29.3 Å². The fourth-order valence-electron chi connectivity index (χ4n) is 5.51. The van der Waals surface area contributed by atoms with Crippen LogP contribution in [0.25, 0.3) is 60.9 Å². The molecule has 1 amide bonds. The quantitative estimate of drug-likeness (QED) is 0.250. The molecular weight excluding hydrogens is 588 g/mol. The monoisotopic (exact) mass is 611 g/mol. The number of sulfonamides is 1. The smallest absolute Gasteiger partial charge is 0.255 e. The molecule has 12 heteroatoms. The van der Waals surface area contributed by atoms with Crippen LogP contribution in [0.1, 0.15) is 10.4 Å². The molecule has 7 aromatic rings. The predicted octanol–water partition coefficient (Wildman–Crippen LogP) is 6.15. The van der Waals surface area contributed by atoms with E-state index in [1.807, 2.05) is 6.07 Å². The summed E-state index contributed by atoms with van der Waals surface area (Å²) >= 11 is 0. The Morgan fingerprint density at radius 1 is 0.932 bits per heavy atom. The van der Waals surface area contributed by atoms with E-state index in [4.69, 9.17) is 4.42 Å². The van der Waals surface area contributed by atoms with E-state index in [1.54, 1.807) is 47.3 Å². The third-order valence-corrected chi connectivity index (χ3v) is 8.97. The van der Waals surface area contributed by atoms with Crippen LogP contribution < -0.4 is 9.62 Å². The zero-order valence-corrected chi connectivity index (χ0v) is 24.4. The van der Waals surface area contributed by atoms with Crippen molar-refractivity contribution >= 4 is 60.0 Å². The molecule has 0 aliphatic rings. The molecule has 0 bridgehead atoms. The lowest BCUT2D eigenvalue weighted by Crippen LogP contribution is -2.25. The molecule has 7 rings (SSSR count). The van der Waals surface area contributed by atoms with Crippen molar-refractivity contribution in [1.82, 2.24) is 19.7 Å². The van der Waals surface area contributed by atoms with Gasteiger partial charge in [0.15, 0.2) is 5.65 Å². The van der Waals surface area contributed by atoms with Crippen molar-refractivity contribution in [3.05, 3.63) is 96.5 Å². The van der Waals surface area contributed by atoms with Crippen molar-refractivity contribution in [2.45, 2.75) is 0 Å². The van der Waals surface area contributed by atoms with Gasteiger partial charge in [-0.1, -0.05) is 6.07 Å². The number of benzene rings is 3. The number of fused-ring (bicyclic) bond motifs is 6. The summed E-state index contributed by atoms with van der Waals surface area (Å²) in [4.78, 5) is 22.2. The summed E-state index contributed by atoms with van der Waals surface area (Å²) in [6, 6.07) is 17.1. The van der Waals surface area contributed by atoms with Gasteiger partial charge in [-0.25, -0.2) is 27.2 Å². The molecule has 0 fully saturated rings. The Bertz CT molecular complexity index is 2420. The summed E-state index contributed by atoms with van der Waals surface area (Å²) in [7, 11) is -0.842. The first-order valence-electron chi connectivity index (χ1n) is 13.4. The van der Waals surface area contributed by atoms with Gasteiger partial charge in [0.25, 0.3) is 5.91 Å². The summed E-state index contributed by atoms with van der Waals surface area (Å²) in [5.41, 5.74) is 3.88. The lowest BCUT2D eigenvalue weighted by atomic mass is 9.98. The second kappa shape index (κ2) is 9.85. The van der Waals surface area contributed by atoms with Crippen LogP contribution in [-0.4, -0.2) is 49.0 Å². The van der Waals surface area contributed by atoms with Crippen LogP contribution in [0.4, 0.5) is 14.5 Å². The number of pyridine rings is 1. The van der Waals surface area contributed by atoms with Gasteiger partial charge in [0.2, 0.25) is 10.0 Å². The van der Waals surface area contributed by atoms with Crippen LogP contribution in [-0.2, 0) is 10.0 Å². The number of halogens is 2. The maximum absolute atomic E-state index is 14.7. The van der Waals surface area contributed by atoms with Crippen LogP contribution in [0, 0.1) is 11.6 Å². The van der Waals surface area contributed by atoms with Gasteiger partial charge in [0, 0.05) is 59.2 Å². The second-order valence-corrected chi connectivity index (χ2v) is 12.4. The zero-order chi connectivity index (χ0) is 30.9. The van der Waals surface area contributed by atoms with E-state index in [2.05, 4.69) is 15.3 Å². The molecule has 0 aliphatic carbocycles. The topological polar surface area (TPSA) is 110 Å². The highest BCUT2D eigenvalue weighted by Gasteiger charge is 2.26. The Morgan fingerprint density at radius 3 is 2.43 bits per heavy atom. The van der Waals surface area contributed by atoms with Crippen LogP contribution >= 0.6 is 0 Å². The Balaban J connectivity index is 1.54. The van der Waals surface area contributed by atoms with Gasteiger partial charge in [-0.15, -0.1) is 0 Å². The number of amides is 1. The largest absolute Gasteiger partial charge is 0.455 e. The Labute approximate surface area is 249 Å². The molecule has 44 heavy (non-hydrogen) atoms. The van der Waals surface area contributed by atoms with Gasteiger partial charge in [0.05, 0.1) is 28.5 Å². The molecule has 0 saturated heterocycles. The molecule has 9 nitrogen and oxygen atoms in total. The first kappa shape index (κ1) is 27.5. The molecule has 0 radical (unpaired) electrons. The highest BCUT2D eigenvalue weighted by molar-refractivity contribution is 7.92. The van der Waals surface area contributed by atoms with Crippen LogP contribution in [0.2, 0.25) is 0 Å². The molecule has 0 unspecified atom stereocenters. The Morgan fingerprint density at radius 2 is 1.70 bits per heavy atom. The highest BCUT2D eigenvalue weighted by Crippen LogP contribution is 2.42. The number of anilines is 1. The summed E-state index contributed by atoms with van der Waals surface area (Å²) < 4.78 is 63.0. The Hall–Kier alpha value is -5.36. The predicted molar refractivity (Wildman–Crippen MR) is 165 cm³/mol. The van der Waals surface area contributed by atoms with Gasteiger partial charge < -0.3 is 9.73 Å². The second-order valence-electron chi connectivity index (χ2n) is 10.4. The number of carbonyl (C=O) groups is 1. The molecule has 0 saturated carbocycles. The van der Waals surface area contributed by atoms with E-state index in [0.29, 0.717) is 49.5 Å². The highest BCUT2D eigenvalue weighted by atomic mass is 32.2. The molecule has 0 aliphatic heterocycles. The molecule has 4 aromatic heterocycles. The number of furan rings is 1. The number of aromatic nitrogens is 3. The third-order valence-electron chi connectivity index (χ3n) is 7.78. The first-order valence-corrected chi connectivity index (χ1v) is 15.3. The van der Waals surface area contributed by atoms with Gasteiger partial charge in [-0.2, -0.15) is 0 Å². The number of hydrogen-bond acceptors (Lipinski definition) is 6. The van der Waals surface area contributed by atoms with Crippen molar-refractivity contribution in [3.63, 3.8) is 0 Å². The minimum atomic E-state index is -3.74. The van der Waals surface area contributed by atoms with E-state index in [0.717, 1.165) is 10.6 Å². The number of rotatable bonds is 5. The molecule has 0 spiro atoms. The summed E-state index contributed by atoms with van der Waals surface area (Å²) in [6.07, 6.45) is 4.23. The maximum atomic E-state index is 14.7. The van der Waals surface area contributed by atoms with E-state index in [9.17, 15) is 22.0 Å². The number of hydrogen-bond donors (Lipinski definition) is 1. The number of nitrogens with one attached hydrogen (secondary N) is 1. The van der Waals surface area contributed by atoms with E-state index in [1.165, 1.54) is 44.4 Å². The van der Waals surface area contributed by atoms with E-state index in [-0.39, 0.29) is 28.4 Å². The third kappa shape index (κ3) is 4.25. The fourth-order valence-corrected chi connectivity index (χ4v) is 6.02. The lowest BCUT2D eigenvalue weighted by molar-refractivity contribution is 0.0964. The standard InChI is InChI=1S/C32H23F2N5O4S/c1-35-32(40)29-23-12-20(26(38(2)44(3,41)42)14-28(23)43-30(29)17-7-9-19(33)10-8-17)18-11-22-27-13-21-24(34)5-4-6-25(21)39(27)16-37-31(22)36-15-18/h4-16H,1-3H3,(H,35,40). The average molecular weight is 612 g/mol. The molecule has 4 heterocycles. The minimum Gasteiger partial charge on any atom is -0.455 e. The number of nitrogens with zero attached hydrogens (tertiary/aromatic N) is 4. The fraction of sp³-hybridized carbons (Fsp3) is 0.0938. The van der Waals surface area contributed by atoms with Crippen LogP contribution in [0.3, 0.4) is 0 Å². The van der Waals surface area contributed by atoms with Crippen molar-refractivity contribution in [2.24, 2.45) is 0 Å². The van der Waals surface area contributed by atoms with Crippen molar-refractivity contribution in [2.75, 3.05) is 24.7 Å². The first-order chi connectivity index (χ1) is 21.0. The van der Waals surface area contributed by atoms with E-state index >= 15 is 0 Å². The molecule has 3 aromatic carbocycles. The van der Waals surface area contributed by atoms with Crippen molar-refractivity contribution < 1.29 is 26.4 Å². The molecule has 1 N–H and O–H groups in total. The van der Waals surface area contributed by atoms with Crippen LogP contribution in [0.15, 0.2) is 83.7 Å². The van der Waals surface area contributed by atoms with Gasteiger partial charge in [-0.3, -0.25) is 13.5 Å². The lowest BCUT2D eigenvalue weighted by Gasteiger charge is -2.20. The van der Waals surface area contributed by atoms with Crippen molar-refractivity contribution in [1.29, 1.82) is 0 Å². The molecular formula is C32H23F2N5O4S. The molecule has 0 atom stereocenters. The van der Waals surface area contributed by atoms with E-state index < -0.39 is 21.7 Å².